The Kier molecular flexibility index (Phi) is 5.33. The van der Waals surface area contributed by atoms with Gasteiger partial charge in [0.15, 0.2) is 0 Å². The summed E-state index contributed by atoms with van der Waals surface area (Å²) in [6.45, 7) is 10.3. The monoisotopic (exact) mass is 334 g/mol. The molecule has 0 aliphatic rings. The van der Waals surface area contributed by atoms with Gasteiger partial charge in [0.2, 0.25) is 0 Å². The summed E-state index contributed by atoms with van der Waals surface area (Å²) >= 11 is 0. The second-order valence-corrected chi connectivity index (χ2v) is 6.75. The molecule has 0 saturated carbocycles. The number of furan rings is 1. The summed E-state index contributed by atoms with van der Waals surface area (Å²) in [7, 11) is 0. The molecule has 0 bridgehead atoms. The van der Waals surface area contributed by atoms with Crippen molar-refractivity contribution in [3.05, 3.63) is 35.5 Å². The zero-order chi connectivity index (χ0) is 17.9. The average molecular weight is 334 g/mol. The van der Waals surface area contributed by atoms with Crippen LogP contribution in [-0.4, -0.2) is 27.5 Å². The Bertz CT molecular complexity index is 701. The molecule has 0 fully saturated rings. The first-order valence-corrected chi connectivity index (χ1v) is 8.04. The van der Waals surface area contributed by atoms with Gasteiger partial charge in [-0.15, -0.1) is 0 Å². The molecular weight excluding hydrogens is 308 g/mol. The van der Waals surface area contributed by atoms with E-state index in [0.717, 1.165) is 12.3 Å². The van der Waals surface area contributed by atoms with Crippen molar-refractivity contribution in [1.82, 2.24) is 15.1 Å². The van der Waals surface area contributed by atoms with Gasteiger partial charge in [0, 0.05) is 18.3 Å². The Morgan fingerprint density at radius 1 is 1.46 bits per heavy atom. The molecule has 0 unspecified atom stereocenters. The van der Waals surface area contributed by atoms with Crippen LogP contribution in [0.5, 0.6) is 0 Å². The molecule has 2 heterocycles. The third kappa shape index (κ3) is 4.61. The normalized spacial score (nSPS) is 13.8. The third-order valence-corrected chi connectivity index (χ3v) is 3.66. The van der Waals surface area contributed by atoms with Crippen molar-refractivity contribution in [2.75, 3.05) is 11.9 Å². The Morgan fingerprint density at radius 2 is 2.17 bits per heavy atom. The second kappa shape index (κ2) is 7.09. The van der Waals surface area contributed by atoms with Crippen LogP contribution in [-0.2, 0) is 12.1 Å². The van der Waals surface area contributed by atoms with Crippen molar-refractivity contribution >= 4 is 11.7 Å². The Labute approximate surface area is 142 Å². The van der Waals surface area contributed by atoms with E-state index in [-0.39, 0.29) is 6.54 Å². The number of urea groups is 1. The van der Waals surface area contributed by atoms with E-state index < -0.39 is 11.6 Å². The van der Waals surface area contributed by atoms with Gasteiger partial charge in [-0.2, -0.15) is 5.10 Å². The molecule has 3 N–H and O–H groups in total. The van der Waals surface area contributed by atoms with Crippen LogP contribution in [0.15, 0.2) is 22.9 Å². The number of rotatable bonds is 6. The lowest BCUT2D eigenvalue weighted by atomic mass is 9.96. The molecular formula is C17H26N4O3. The van der Waals surface area contributed by atoms with Gasteiger partial charge < -0.3 is 20.2 Å². The fraction of sp³-hybridized carbons (Fsp3) is 0.529. The zero-order valence-corrected chi connectivity index (χ0v) is 14.9. The summed E-state index contributed by atoms with van der Waals surface area (Å²) in [6.07, 6.45) is 3.38. The van der Waals surface area contributed by atoms with Crippen LogP contribution >= 0.6 is 0 Å². The molecule has 0 radical (unpaired) electrons. The number of aryl methyl sites for hydroxylation is 2. The maximum Gasteiger partial charge on any atom is 0.319 e. The molecule has 7 nitrogen and oxygen atoms in total. The molecule has 7 heteroatoms. The molecule has 132 valence electrons. The van der Waals surface area contributed by atoms with Crippen molar-refractivity contribution in [2.24, 2.45) is 5.92 Å². The lowest BCUT2D eigenvalue weighted by molar-refractivity contribution is 0.0584. The van der Waals surface area contributed by atoms with E-state index in [1.807, 2.05) is 6.92 Å². The van der Waals surface area contributed by atoms with E-state index in [9.17, 15) is 9.90 Å². The molecule has 2 amide bonds. The van der Waals surface area contributed by atoms with Gasteiger partial charge in [-0.3, -0.25) is 4.68 Å². The van der Waals surface area contributed by atoms with Gasteiger partial charge >= 0.3 is 6.03 Å². The molecule has 0 aliphatic heterocycles. The number of aromatic nitrogens is 2. The molecule has 1 atom stereocenters. The number of amides is 2. The third-order valence-electron chi connectivity index (χ3n) is 3.66. The highest BCUT2D eigenvalue weighted by Crippen LogP contribution is 2.26. The van der Waals surface area contributed by atoms with Gasteiger partial charge in [0.25, 0.3) is 0 Å². The van der Waals surface area contributed by atoms with Gasteiger partial charge in [-0.1, -0.05) is 13.8 Å². The first-order chi connectivity index (χ1) is 11.2. The smallest absolute Gasteiger partial charge is 0.319 e. The first kappa shape index (κ1) is 18.1. The molecule has 24 heavy (non-hydrogen) atoms. The number of carbonyl (C=O) groups excluding carboxylic acids is 1. The number of aliphatic hydroxyl groups is 1. The van der Waals surface area contributed by atoms with E-state index in [1.165, 1.54) is 0 Å². The average Bonchev–Trinajstić information content (AvgIpc) is 3.02. The van der Waals surface area contributed by atoms with Gasteiger partial charge in [0.1, 0.15) is 17.1 Å². The predicted molar refractivity (Wildman–Crippen MR) is 91.8 cm³/mol. The minimum atomic E-state index is -1.21. The van der Waals surface area contributed by atoms with Crippen LogP contribution in [0.2, 0.25) is 0 Å². The number of carbonyl (C=O) groups is 1. The van der Waals surface area contributed by atoms with Crippen molar-refractivity contribution in [3.63, 3.8) is 0 Å². The van der Waals surface area contributed by atoms with E-state index in [4.69, 9.17) is 4.42 Å². The largest absolute Gasteiger partial charge is 0.466 e. The highest BCUT2D eigenvalue weighted by atomic mass is 16.3. The summed E-state index contributed by atoms with van der Waals surface area (Å²) < 4.78 is 7.22. The van der Waals surface area contributed by atoms with Gasteiger partial charge in [0.05, 0.1) is 18.4 Å². The zero-order valence-electron chi connectivity index (χ0n) is 14.9. The van der Waals surface area contributed by atoms with E-state index in [0.29, 0.717) is 22.9 Å². The first-order valence-electron chi connectivity index (χ1n) is 8.04. The molecule has 0 spiro atoms. The quantitative estimate of drug-likeness (QED) is 0.757. The van der Waals surface area contributed by atoms with E-state index in [2.05, 4.69) is 29.6 Å². The highest BCUT2D eigenvalue weighted by Gasteiger charge is 2.28. The minimum absolute atomic E-state index is 0.0682. The van der Waals surface area contributed by atoms with Crippen LogP contribution in [0.3, 0.4) is 0 Å². The fourth-order valence-electron chi connectivity index (χ4n) is 2.59. The Balaban J connectivity index is 1.90. The Hall–Kier alpha value is -2.28. The predicted octanol–water partition coefficient (Wildman–Crippen LogP) is 2.78. The lowest BCUT2D eigenvalue weighted by Gasteiger charge is -2.23. The summed E-state index contributed by atoms with van der Waals surface area (Å²) in [5.41, 5.74) is 0.0780. The molecule has 0 aromatic carbocycles. The van der Waals surface area contributed by atoms with Gasteiger partial charge in [-0.25, -0.2) is 4.79 Å². The van der Waals surface area contributed by atoms with Crippen molar-refractivity contribution in [1.29, 1.82) is 0 Å². The maximum absolute atomic E-state index is 12.0. The number of nitrogens with zero attached hydrogens (tertiary/aromatic N) is 2. The van der Waals surface area contributed by atoms with Crippen LogP contribution in [0.1, 0.15) is 37.9 Å². The molecule has 2 aromatic rings. The number of hydrogen-bond acceptors (Lipinski definition) is 4. The minimum Gasteiger partial charge on any atom is -0.466 e. The van der Waals surface area contributed by atoms with Crippen LogP contribution in [0, 0.1) is 19.8 Å². The number of nitrogens with one attached hydrogen (secondary N) is 2. The summed E-state index contributed by atoms with van der Waals surface area (Å²) in [4.78, 5) is 12.0. The van der Waals surface area contributed by atoms with Crippen LogP contribution in [0.4, 0.5) is 10.5 Å². The van der Waals surface area contributed by atoms with E-state index >= 15 is 0 Å². The summed E-state index contributed by atoms with van der Waals surface area (Å²) in [6, 6.07) is 1.39. The SMILES string of the molecule is Cc1cc([C@@](C)(O)CNC(=O)Nc2cnn(CC(C)C)c2)c(C)o1. The standard InChI is InChI=1S/C17H26N4O3/c1-11(2)8-21-9-14(7-19-21)20-16(22)18-10-17(5,23)15-6-12(3)24-13(15)4/h6-7,9,11,23H,8,10H2,1-5H3,(H2,18,20,22)/t17-/m0/s1. The molecule has 0 saturated heterocycles. The fourth-order valence-corrected chi connectivity index (χ4v) is 2.59. The lowest BCUT2D eigenvalue weighted by Crippen LogP contribution is -2.40. The van der Waals surface area contributed by atoms with Gasteiger partial charge in [-0.05, 0) is 32.8 Å². The van der Waals surface area contributed by atoms with Crippen molar-refractivity contribution in [3.8, 4) is 0 Å². The number of anilines is 1. The van der Waals surface area contributed by atoms with Crippen molar-refractivity contribution < 1.29 is 14.3 Å². The Morgan fingerprint density at radius 3 is 2.75 bits per heavy atom. The summed E-state index contributed by atoms with van der Waals surface area (Å²) in [5, 5.41) is 20.2. The molecule has 2 aromatic heterocycles. The van der Waals surface area contributed by atoms with Crippen LogP contribution in [0.25, 0.3) is 0 Å². The highest BCUT2D eigenvalue weighted by molar-refractivity contribution is 5.88. The summed E-state index contributed by atoms with van der Waals surface area (Å²) in [5.74, 6) is 1.85. The van der Waals surface area contributed by atoms with Crippen molar-refractivity contribution in [2.45, 2.75) is 46.8 Å². The van der Waals surface area contributed by atoms with E-state index in [1.54, 1.807) is 37.0 Å². The maximum atomic E-state index is 12.0. The second-order valence-electron chi connectivity index (χ2n) is 6.75. The number of hydrogen-bond donors (Lipinski definition) is 3. The topological polar surface area (TPSA) is 92.3 Å². The molecule has 0 aliphatic carbocycles. The van der Waals surface area contributed by atoms with Crippen LogP contribution < -0.4 is 10.6 Å². The molecule has 2 rings (SSSR count).